The van der Waals surface area contributed by atoms with Crippen molar-refractivity contribution in [2.45, 2.75) is 26.3 Å². The van der Waals surface area contributed by atoms with Crippen molar-refractivity contribution in [2.24, 2.45) is 11.8 Å². The molecule has 3 atom stereocenters. The third-order valence-electron chi connectivity index (χ3n) is 3.67. The summed E-state index contributed by atoms with van der Waals surface area (Å²) in [5.41, 5.74) is 0. The zero-order valence-electron chi connectivity index (χ0n) is 10.0. The summed E-state index contributed by atoms with van der Waals surface area (Å²) in [5, 5.41) is 3.53. The quantitative estimate of drug-likeness (QED) is 0.751. The first kappa shape index (κ1) is 11.4. The van der Waals surface area contributed by atoms with Crippen molar-refractivity contribution in [1.29, 1.82) is 0 Å². The summed E-state index contributed by atoms with van der Waals surface area (Å²) in [7, 11) is 0. The van der Waals surface area contributed by atoms with Crippen molar-refractivity contribution in [2.75, 3.05) is 39.4 Å². The van der Waals surface area contributed by atoms with E-state index in [1.807, 2.05) is 0 Å². The van der Waals surface area contributed by atoms with Gasteiger partial charge in [-0.3, -0.25) is 0 Å². The summed E-state index contributed by atoms with van der Waals surface area (Å²) in [6, 6.07) is 0.589. The van der Waals surface area contributed by atoms with E-state index in [-0.39, 0.29) is 0 Å². The van der Waals surface area contributed by atoms with E-state index in [1.165, 1.54) is 26.1 Å². The minimum absolute atomic E-state index is 0.589. The molecule has 2 aliphatic rings. The van der Waals surface area contributed by atoms with Crippen LogP contribution < -0.4 is 5.32 Å². The summed E-state index contributed by atoms with van der Waals surface area (Å²) < 4.78 is 5.57. The predicted octanol–water partition coefficient (Wildman–Crippen LogP) is 0.953. The minimum Gasteiger partial charge on any atom is -0.379 e. The molecule has 0 aromatic carbocycles. The zero-order valence-corrected chi connectivity index (χ0v) is 10.0. The molecule has 0 amide bonds. The molecular formula is C12H24N2O. The second-order valence-electron chi connectivity index (χ2n) is 5.12. The van der Waals surface area contributed by atoms with Gasteiger partial charge in [0.05, 0.1) is 13.2 Å². The number of hydrogen-bond donors (Lipinski definition) is 1. The van der Waals surface area contributed by atoms with Gasteiger partial charge < -0.3 is 15.0 Å². The van der Waals surface area contributed by atoms with Gasteiger partial charge in [0.1, 0.15) is 0 Å². The molecule has 88 valence electrons. The first-order valence-electron chi connectivity index (χ1n) is 6.33. The van der Waals surface area contributed by atoms with Crippen LogP contribution in [-0.4, -0.2) is 50.3 Å². The van der Waals surface area contributed by atoms with E-state index < -0.39 is 0 Å². The molecule has 2 fully saturated rings. The first-order valence-corrected chi connectivity index (χ1v) is 6.33. The molecule has 3 unspecified atom stereocenters. The summed E-state index contributed by atoms with van der Waals surface area (Å²) in [6.07, 6.45) is 1.37. The van der Waals surface area contributed by atoms with E-state index in [2.05, 4.69) is 24.1 Å². The lowest BCUT2D eigenvalue weighted by Gasteiger charge is -2.24. The summed E-state index contributed by atoms with van der Waals surface area (Å²) in [6.45, 7) is 11.2. The Labute approximate surface area is 93.2 Å². The molecule has 0 radical (unpaired) electrons. The highest BCUT2D eigenvalue weighted by atomic mass is 16.5. The predicted molar refractivity (Wildman–Crippen MR) is 62.0 cm³/mol. The SMILES string of the molecule is CCNC1COCC1CN1CCC(C)C1. The van der Waals surface area contributed by atoms with Crippen LogP contribution in [0.15, 0.2) is 0 Å². The number of nitrogens with zero attached hydrogens (tertiary/aromatic N) is 1. The third-order valence-corrected chi connectivity index (χ3v) is 3.67. The molecule has 2 heterocycles. The van der Waals surface area contributed by atoms with Crippen LogP contribution in [0.25, 0.3) is 0 Å². The first-order chi connectivity index (χ1) is 7.29. The highest BCUT2D eigenvalue weighted by molar-refractivity contribution is 4.85. The van der Waals surface area contributed by atoms with Gasteiger partial charge in [-0.2, -0.15) is 0 Å². The Morgan fingerprint density at radius 2 is 2.27 bits per heavy atom. The van der Waals surface area contributed by atoms with Gasteiger partial charge in [0.15, 0.2) is 0 Å². The van der Waals surface area contributed by atoms with Gasteiger partial charge in [-0.05, 0) is 25.4 Å². The molecule has 15 heavy (non-hydrogen) atoms. The Hall–Kier alpha value is -0.120. The van der Waals surface area contributed by atoms with Crippen molar-refractivity contribution in [1.82, 2.24) is 10.2 Å². The van der Waals surface area contributed by atoms with Crippen LogP contribution in [0.4, 0.5) is 0 Å². The second kappa shape index (κ2) is 5.28. The summed E-state index contributed by atoms with van der Waals surface area (Å²) in [5.74, 6) is 1.60. The van der Waals surface area contributed by atoms with Crippen molar-refractivity contribution in [3.63, 3.8) is 0 Å². The molecule has 0 aromatic rings. The fraction of sp³-hybridized carbons (Fsp3) is 1.00. The standard InChI is InChI=1S/C12H24N2O/c1-3-13-12-9-15-8-11(12)7-14-5-4-10(2)6-14/h10-13H,3-9H2,1-2H3. The molecule has 0 aliphatic carbocycles. The van der Waals surface area contributed by atoms with Crippen LogP contribution in [0.1, 0.15) is 20.3 Å². The van der Waals surface area contributed by atoms with E-state index in [0.29, 0.717) is 12.0 Å². The molecule has 0 spiro atoms. The van der Waals surface area contributed by atoms with Crippen LogP contribution >= 0.6 is 0 Å². The van der Waals surface area contributed by atoms with Gasteiger partial charge in [-0.15, -0.1) is 0 Å². The highest BCUT2D eigenvalue weighted by Gasteiger charge is 2.30. The normalized spacial score (nSPS) is 37.6. The monoisotopic (exact) mass is 212 g/mol. The summed E-state index contributed by atoms with van der Waals surface area (Å²) in [4.78, 5) is 2.61. The molecule has 2 aliphatic heterocycles. The average molecular weight is 212 g/mol. The maximum Gasteiger partial charge on any atom is 0.0623 e. The number of ether oxygens (including phenoxy) is 1. The summed E-state index contributed by atoms with van der Waals surface area (Å²) >= 11 is 0. The number of nitrogens with one attached hydrogen (secondary N) is 1. The lowest BCUT2D eigenvalue weighted by atomic mass is 10.0. The molecule has 0 aromatic heterocycles. The number of rotatable bonds is 4. The van der Waals surface area contributed by atoms with Crippen LogP contribution in [0, 0.1) is 11.8 Å². The van der Waals surface area contributed by atoms with E-state index in [9.17, 15) is 0 Å². The molecule has 2 saturated heterocycles. The smallest absolute Gasteiger partial charge is 0.0623 e. The Bertz CT molecular complexity index is 198. The fourth-order valence-corrected chi connectivity index (χ4v) is 2.79. The molecule has 2 rings (SSSR count). The van der Waals surface area contributed by atoms with E-state index in [4.69, 9.17) is 4.74 Å². The zero-order chi connectivity index (χ0) is 10.7. The van der Waals surface area contributed by atoms with Gasteiger partial charge in [0.2, 0.25) is 0 Å². The molecule has 3 nitrogen and oxygen atoms in total. The van der Waals surface area contributed by atoms with Crippen molar-refractivity contribution >= 4 is 0 Å². The van der Waals surface area contributed by atoms with Crippen LogP contribution in [0.3, 0.4) is 0 Å². The van der Waals surface area contributed by atoms with Crippen molar-refractivity contribution < 1.29 is 4.74 Å². The Kier molecular flexibility index (Phi) is 4.00. The molecule has 3 heteroatoms. The molecule has 0 saturated carbocycles. The Morgan fingerprint density at radius 3 is 2.93 bits per heavy atom. The van der Waals surface area contributed by atoms with Crippen LogP contribution in [0.2, 0.25) is 0 Å². The molecule has 0 bridgehead atoms. The minimum atomic E-state index is 0.589. The maximum absolute atomic E-state index is 5.57. The number of likely N-dealkylation sites (tertiary alicyclic amines) is 1. The number of hydrogen-bond acceptors (Lipinski definition) is 3. The van der Waals surface area contributed by atoms with E-state index >= 15 is 0 Å². The number of likely N-dealkylation sites (N-methyl/N-ethyl adjacent to an activating group) is 1. The lowest BCUT2D eigenvalue weighted by molar-refractivity contribution is 0.172. The highest BCUT2D eigenvalue weighted by Crippen LogP contribution is 2.20. The van der Waals surface area contributed by atoms with Crippen LogP contribution in [-0.2, 0) is 4.74 Å². The topological polar surface area (TPSA) is 24.5 Å². The van der Waals surface area contributed by atoms with Gasteiger partial charge >= 0.3 is 0 Å². The third kappa shape index (κ3) is 2.92. The van der Waals surface area contributed by atoms with E-state index in [0.717, 1.165) is 25.7 Å². The molecule has 1 N–H and O–H groups in total. The second-order valence-corrected chi connectivity index (χ2v) is 5.12. The molecular weight excluding hydrogens is 188 g/mol. The lowest BCUT2D eigenvalue weighted by Crippen LogP contribution is -2.41. The van der Waals surface area contributed by atoms with Crippen LogP contribution in [0.5, 0.6) is 0 Å². The van der Waals surface area contributed by atoms with Crippen molar-refractivity contribution in [3.05, 3.63) is 0 Å². The largest absolute Gasteiger partial charge is 0.379 e. The average Bonchev–Trinajstić information content (AvgIpc) is 2.78. The fourth-order valence-electron chi connectivity index (χ4n) is 2.79. The van der Waals surface area contributed by atoms with Gasteiger partial charge in [-0.25, -0.2) is 0 Å². The Morgan fingerprint density at radius 1 is 1.40 bits per heavy atom. The van der Waals surface area contributed by atoms with E-state index in [1.54, 1.807) is 0 Å². The van der Waals surface area contributed by atoms with Gasteiger partial charge in [0.25, 0.3) is 0 Å². The Balaban J connectivity index is 1.77. The van der Waals surface area contributed by atoms with Gasteiger partial charge in [0, 0.05) is 25.0 Å². The van der Waals surface area contributed by atoms with Crippen molar-refractivity contribution in [3.8, 4) is 0 Å². The van der Waals surface area contributed by atoms with Gasteiger partial charge in [-0.1, -0.05) is 13.8 Å². The maximum atomic E-state index is 5.57.